The van der Waals surface area contributed by atoms with Crippen LogP contribution in [0.2, 0.25) is 0 Å². The summed E-state index contributed by atoms with van der Waals surface area (Å²) in [7, 11) is -2.82. The van der Waals surface area contributed by atoms with Crippen LogP contribution in [0.1, 0.15) is 46.5 Å². The molecular formula is C15H30N2O2S. The van der Waals surface area contributed by atoms with Crippen molar-refractivity contribution in [3.63, 3.8) is 0 Å². The molecule has 1 N–H and O–H groups in total. The summed E-state index contributed by atoms with van der Waals surface area (Å²) in [4.78, 5) is 2.57. The van der Waals surface area contributed by atoms with E-state index < -0.39 is 9.84 Å². The van der Waals surface area contributed by atoms with Gasteiger partial charge in [0.05, 0.1) is 5.75 Å². The smallest absolute Gasteiger partial charge is 0.150 e. The van der Waals surface area contributed by atoms with Gasteiger partial charge in [0.1, 0.15) is 9.84 Å². The third-order valence-corrected chi connectivity index (χ3v) is 6.97. The number of hydrogen-bond acceptors (Lipinski definition) is 4. The largest absolute Gasteiger partial charge is 0.311 e. The van der Waals surface area contributed by atoms with Crippen LogP contribution in [0.3, 0.4) is 0 Å². The summed E-state index contributed by atoms with van der Waals surface area (Å²) >= 11 is 0. The molecule has 0 bridgehead atoms. The van der Waals surface area contributed by atoms with Crippen LogP contribution in [0.25, 0.3) is 0 Å². The van der Waals surface area contributed by atoms with E-state index in [1.807, 2.05) is 0 Å². The highest BCUT2D eigenvalue weighted by atomic mass is 32.2. The van der Waals surface area contributed by atoms with Gasteiger partial charge >= 0.3 is 0 Å². The molecule has 1 aliphatic carbocycles. The van der Waals surface area contributed by atoms with Crippen LogP contribution >= 0.6 is 0 Å². The minimum atomic E-state index is -2.82. The van der Waals surface area contributed by atoms with Gasteiger partial charge in [-0.1, -0.05) is 13.8 Å². The van der Waals surface area contributed by atoms with E-state index >= 15 is 0 Å². The van der Waals surface area contributed by atoms with E-state index in [-0.39, 0.29) is 11.3 Å². The Morgan fingerprint density at radius 3 is 2.55 bits per heavy atom. The van der Waals surface area contributed by atoms with Crippen molar-refractivity contribution < 1.29 is 8.42 Å². The summed E-state index contributed by atoms with van der Waals surface area (Å²) in [6.07, 6.45) is 4.58. The van der Waals surface area contributed by atoms with Crippen molar-refractivity contribution in [2.45, 2.75) is 58.0 Å². The van der Waals surface area contributed by atoms with Crippen molar-refractivity contribution in [1.82, 2.24) is 10.2 Å². The van der Waals surface area contributed by atoms with Gasteiger partial charge in [0.25, 0.3) is 0 Å². The number of rotatable bonds is 7. The van der Waals surface area contributed by atoms with Gasteiger partial charge in [-0.2, -0.15) is 0 Å². The van der Waals surface area contributed by atoms with E-state index in [0.29, 0.717) is 11.8 Å². The molecule has 2 atom stereocenters. The predicted molar refractivity (Wildman–Crippen MR) is 83.7 cm³/mol. The summed E-state index contributed by atoms with van der Waals surface area (Å²) in [5.41, 5.74) is 0.238. The molecule has 0 aromatic carbocycles. The van der Waals surface area contributed by atoms with Crippen LogP contribution < -0.4 is 5.32 Å². The Bertz CT molecular complexity index is 420. The molecule has 20 heavy (non-hydrogen) atoms. The fourth-order valence-corrected chi connectivity index (χ4v) is 4.21. The molecule has 0 aromatic rings. The molecule has 2 fully saturated rings. The van der Waals surface area contributed by atoms with Gasteiger partial charge in [-0.25, -0.2) is 8.42 Å². The maximum Gasteiger partial charge on any atom is 0.150 e. The lowest BCUT2D eigenvalue weighted by atomic mass is 9.89. The van der Waals surface area contributed by atoms with Gasteiger partial charge < -0.3 is 5.32 Å². The minimum absolute atomic E-state index is 0.238. The first kappa shape index (κ1) is 16.2. The normalized spacial score (nSPS) is 32.5. The SMILES string of the molecule is CCC1CN(CCCS(=O)(=O)CC)C(C)(C2CC2)CN1. The Morgan fingerprint density at radius 2 is 2.00 bits per heavy atom. The minimum Gasteiger partial charge on any atom is -0.311 e. The predicted octanol–water partition coefficient (Wildman–Crippen LogP) is 1.66. The van der Waals surface area contributed by atoms with E-state index in [9.17, 15) is 8.42 Å². The average Bonchev–Trinajstić information content (AvgIpc) is 3.25. The van der Waals surface area contributed by atoms with Crippen LogP contribution in [0.15, 0.2) is 0 Å². The lowest BCUT2D eigenvalue weighted by Gasteiger charge is -2.48. The number of hydrogen-bond donors (Lipinski definition) is 1. The van der Waals surface area contributed by atoms with Crippen molar-refractivity contribution in [1.29, 1.82) is 0 Å². The number of piperazine rings is 1. The fraction of sp³-hybridized carbons (Fsp3) is 1.00. The molecule has 4 nitrogen and oxygen atoms in total. The second kappa shape index (κ2) is 6.32. The van der Waals surface area contributed by atoms with Crippen LogP contribution in [-0.4, -0.2) is 56.0 Å². The number of sulfone groups is 1. The van der Waals surface area contributed by atoms with Gasteiger partial charge in [0.2, 0.25) is 0 Å². The van der Waals surface area contributed by atoms with Gasteiger partial charge in [-0.3, -0.25) is 4.90 Å². The zero-order valence-electron chi connectivity index (χ0n) is 13.2. The first-order chi connectivity index (χ1) is 9.41. The summed E-state index contributed by atoms with van der Waals surface area (Å²) in [6, 6.07) is 0.560. The first-order valence-corrected chi connectivity index (χ1v) is 9.92. The van der Waals surface area contributed by atoms with E-state index in [1.54, 1.807) is 6.92 Å². The molecule has 1 aliphatic heterocycles. The highest BCUT2D eigenvalue weighted by molar-refractivity contribution is 7.91. The molecule has 0 amide bonds. The maximum atomic E-state index is 11.6. The summed E-state index contributed by atoms with van der Waals surface area (Å²) < 4.78 is 23.3. The van der Waals surface area contributed by atoms with Gasteiger partial charge in [0, 0.05) is 30.4 Å². The Hall–Kier alpha value is -0.130. The summed E-state index contributed by atoms with van der Waals surface area (Å²) in [6.45, 7) is 9.35. The zero-order valence-corrected chi connectivity index (χ0v) is 14.0. The van der Waals surface area contributed by atoms with E-state index in [2.05, 4.69) is 24.1 Å². The lowest BCUT2D eigenvalue weighted by Crippen LogP contribution is -2.64. The molecule has 0 aromatic heterocycles. The number of nitrogens with zero attached hydrogens (tertiary/aromatic N) is 1. The summed E-state index contributed by atoms with van der Waals surface area (Å²) in [5, 5.41) is 3.67. The Morgan fingerprint density at radius 1 is 1.30 bits per heavy atom. The van der Waals surface area contributed by atoms with E-state index in [4.69, 9.17) is 0 Å². The molecule has 1 saturated heterocycles. The molecule has 1 saturated carbocycles. The topological polar surface area (TPSA) is 49.4 Å². The van der Waals surface area contributed by atoms with Crippen molar-refractivity contribution in [2.75, 3.05) is 31.1 Å². The second-order valence-corrected chi connectivity index (χ2v) is 9.13. The average molecular weight is 302 g/mol. The van der Waals surface area contributed by atoms with Gasteiger partial charge in [-0.05, 0) is 45.1 Å². The Kier molecular flexibility index (Phi) is 5.14. The fourth-order valence-electron chi connectivity index (χ4n) is 3.35. The van der Waals surface area contributed by atoms with Crippen molar-refractivity contribution in [3.05, 3.63) is 0 Å². The van der Waals surface area contributed by atoms with Gasteiger partial charge in [0.15, 0.2) is 0 Å². The Balaban J connectivity index is 1.93. The summed E-state index contributed by atoms with van der Waals surface area (Å²) in [5.74, 6) is 1.41. The van der Waals surface area contributed by atoms with Crippen LogP contribution in [0, 0.1) is 5.92 Å². The molecule has 2 unspecified atom stereocenters. The van der Waals surface area contributed by atoms with Crippen LogP contribution in [-0.2, 0) is 9.84 Å². The first-order valence-electron chi connectivity index (χ1n) is 8.10. The van der Waals surface area contributed by atoms with Crippen molar-refractivity contribution in [2.24, 2.45) is 5.92 Å². The maximum absolute atomic E-state index is 11.6. The highest BCUT2D eigenvalue weighted by Crippen LogP contribution is 2.44. The molecular weight excluding hydrogens is 272 g/mol. The van der Waals surface area contributed by atoms with Crippen molar-refractivity contribution in [3.8, 4) is 0 Å². The van der Waals surface area contributed by atoms with E-state index in [1.165, 1.54) is 12.8 Å². The van der Waals surface area contributed by atoms with Crippen LogP contribution in [0.5, 0.6) is 0 Å². The highest BCUT2D eigenvalue weighted by Gasteiger charge is 2.47. The van der Waals surface area contributed by atoms with Crippen molar-refractivity contribution >= 4 is 9.84 Å². The standard InChI is InChI=1S/C15H30N2O2S/c1-4-14-11-17(9-6-10-20(18,19)5-2)15(3,12-16-14)13-7-8-13/h13-14,16H,4-12H2,1-3H3. The zero-order chi connectivity index (χ0) is 14.8. The Labute approximate surface area is 124 Å². The molecule has 0 radical (unpaired) electrons. The van der Waals surface area contributed by atoms with E-state index in [0.717, 1.165) is 38.4 Å². The molecule has 5 heteroatoms. The molecule has 2 aliphatic rings. The second-order valence-electron chi connectivity index (χ2n) is 6.65. The molecule has 0 spiro atoms. The quantitative estimate of drug-likeness (QED) is 0.777. The van der Waals surface area contributed by atoms with Crippen LogP contribution in [0.4, 0.5) is 0 Å². The molecule has 2 rings (SSSR count). The number of nitrogens with one attached hydrogen (secondary N) is 1. The molecule has 118 valence electrons. The third-order valence-electron chi connectivity index (χ3n) is 5.18. The van der Waals surface area contributed by atoms with Gasteiger partial charge in [-0.15, -0.1) is 0 Å². The lowest BCUT2D eigenvalue weighted by molar-refractivity contribution is 0.0345. The molecule has 1 heterocycles. The third kappa shape index (κ3) is 3.74. The monoisotopic (exact) mass is 302 g/mol.